The summed E-state index contributed by atoms with van der Waals surface area (Å²) in [6.45, 7) is 2.59. The molecule has 1 saturated heterocycles. The van der Waals surface area contributed by atoms with Crippen molar-refractivity contribution in [2.45, 2.75) is 19.4 Å². The second-order valence-corrected chi connectivity index (χ2v) is 4.66. The Morgan fingerprint density at radius 2 is 2.21 bits per heavy atom. The summed E-state index contributed by atoms with van der Waals surface area (Å²) in [5, 5.41) is 12.1. The van der Waals surface area contributed by atoms with Crippen LogP contribution in [0.15, 0.2) is 18.2 Å². The standard InChI is InChI=1S/C13H17N3O3/c1-8-10(12(14)18)3-2-4-11(8)15-13(19)16-6-5-9(17)7-16/h2-4,9,17H,5-7H2,1H3,(H2,14,18)(H,15,19)/t9-/m1/s1. The van der Waals surface area contributed by atoms with Crippen LogP contribution >= 0.6 is 0 Å². The molecule has 0 bridgehead atoms. The topological polar surface area (TPSA) is 95.7 Å². The molecular weight excluding hydrogens is 246 g/mol. The van der Waals surface area contributed by atoms with Gasteiger partial charge in [-0.25, -0.2) is 4.79 Å². The maximum absolute atomic E-state index is 12.0. The second kappa shape index (κ2) is 5.27. The van der Waals surface area contributed by atoms with Crippen molar-refractivity contribution >= 4 is 17.6 Å². The number of β-amino-alcohol motifs (C(OH)–C–C–N with tert-alkyl or cyclic N) is 1. The third-order valence-electron chi connectivity index (χ3n) is 3.29. The Morgan fingerprint density at radius 1 is 1.47 bits per heavy atom. The number of rotatable bonds is 2. The van der Waals surface area contributed by atoms with Crippen molar-refractivity contribution < 1.29 is 14.7 Å². The number of carbonyl (C=O) groups is 2. The molecule has 3 amide bonds. The van der Waals surface area contributed by atoms with Crippen molar-refractivity contribution in [2.24, 2.45) is 5.73 Å². The summed E-state index contributed by atoms with van der Waals surface area (Å²) in [6, 6.07) is 4.72. The number of hydrogen-bond donors (Lipinski definition) is 3. The van der Waals surface area contributed by atoms with Gasteiger partial charge >= 0.3 is 6.03 Å². The van der Waals surface area contributed by atoms with Gasteiger partial charge in [0.05, 0.1) is 6.10 Å². The van der Waals surface area contributed by atoms with Crippen LogP contribution in [0.4, 0.5) is 10.5 Å². The minimum atomic E-state index is -0.523. The first kappa shape index (κ1) is 13.4. The summed E-state index contributed by atoms with van der Waals surface area (Å²) in [5.74, 6) is -0.523. The van der Waals surface area contributed by atoms with E-state index >= 15 is 0 Å². The number of aliphatic hydroxyl groups is 1. The Kier molecular flexibility index (Phi) is 3.71. The zero-order chi connectivity index (χ0) is 14.0. The van der Waals surface area contributed by atoms with Gasteiger partial charge in [0, 0.05) is 24.3 Å². The molecule has 1 aliphatic rings. The highest BCUT2D eigenvalue weighted by molar-refractivity contribution is 5.98. The number of hydrogen-bond acceptors (Lipinski definition) is 3. The lowest BCUT2D eigenvalue weighted by Gasteiger charge is -2.18. The third kappa shape index (κ3) is 2.85. The van der Waals surface area contributed by atoms with Crippen molar-refractivity contribution in [1.82, 2.24) is 4.90 Å². The van der Waals surface area contributed by atoms with E-state index in [1.165, 1.54) is 0 Å². The van der Waals surface area contributed by atoms with Gasteiger partial charge in [-0.3, -0.25) is 4.79 Å². The van der Waals surface area contributed by atoms with E-state index in [1.807, 2.05) is 0 Å². The minimum absolute atomic E-state index is 0.277. The van der Waals surface area contributed by atoms with E-state index in [0.717, 1.165) is 0 Å². The average molecular weight is 263 g/mol. The maximum Gasteiger partial charge on any atom is 0.321 e. The van der Waals surface area contributed by atoms with E-state index in [4.69, 9.17) is 5.73 Å². The smallest absolute Gasteiger partial charge is 0.321 e. The summed E-state index contributed by atoms with van der Waals surface area (Å²) in [6.07, 6.45) is 0.136. The number of nitrogens with two attached hydrogens (primary N) is 1. The molecule has 1 aliphatic heterocycles. The Morgan fingerprint density at radius 3 is 2.79 bits per heavy atom. The van der Waals surface area contributed by atoms with Crippen molar-refractivity contribution in [1.29, 1.82) is 0 Å². The van der Waals surface area contributed by atoms with E-state index in [0.29, 0.717) is 36.3 Å². The molecule has 6 nitrogen and oxygen atoms in total. The lowest BCUT2D eigenvalue weighted by molar-refractivity contribution is 0.0999. The number of urea groups is 1. The molecule has 1 heterocycles. The fourth-order valence-corrected chi connectivity index (χ4v) is 2.16. The van der Waals surface area contributed by atoms with E-state index in [1.54, 1.807) is 30.0 Å². The van der Waals surface area contributed by atoms with Gasteiger partial charge in [-0.2, -0.15) is 0 Å². The van der Waals surface area contributed by atoms with Crippen LogP contribution in [-0.2, 0) is 0 Å². The zero-order valence-corrected chi connectivity index (χ0v) is 10.7. The molecule has 1 aromatic carbocycles. The average Bonchev–Trinajstić information content (AvgIpc) is 2.78. The monoisotopic (exact) mass is 263 g/mol. The van der Waals surface area contributed by atoms with Crippen LogP contribution in [0.2, 0.25) is 0 Å². The summed E-state index contributed by atoms with van der Waals surface area (Å²) in [5.41, 5.74) is 6.85. The van der Waals surface area contributed by atoms with Crippen LogP contribution in [0, 0.1) is 6.92 Å². The minimum Gasteiger partial charge on any atom is -0.391 e. The fourth-order valence-electron chi connectivity index (χ4n) is 2.16. The van der Waals surface area contributed by atoms with Crippen LogP contribution in [0.1, 0.15) is 22.3 Å². The lowest BCUT2D eigenvalue weighted by atomic mass is 10.1. The van der Waals surface area contributed by atoms with Crippen LogP contribution in [0.5, 0.6) is 0 Å². The first-order valence-corrected chi connectivity index (χ1v) is 6.12. The Hall–Kier alpha value is -2.08. The highest BCUT2D eigenvalue weighted by Crippen LogP contribution is 2.20. The molecule has 1 aromatic rings. The molecule has 1 atom stereocenters. The molecule has 102 valence electrons. The van der Waals surface area contributed by atoms with Crippen molar-refractivity contribution in [3.05, 3.63) is 29.3 Å². The van der Waals surface area contributed by atoms with E-state index in [-0.39, 0.29) is 6.03 Å². The number of primary amides is 1. The number of carbonyl (C=O) groups excluding carboxylic acids is 2. The zero-order valence-electron chi connectivity index (χ0n) is 10.7. The molecule has 0 aromatic heterocycles. The Balaban J connectivity index is 2.13. The molecular formula is C13H17N3O3. The van der Waals surface area contributed by atoms with Gasteiger partial charge in [0.25, 0.3) is 0 Å². The molecule has 2 rings (SSSR count). The predicted octanol–water partition coefficient (Wildman–Crippen LogP) is 0.692. The van der Waals surface area contributed by atoms with E-state index in [2.05, 4.69) is 5.32 Å². The first-order chi connectivity index (χ1) is 8.99. The number of amides is 3. The summed E-state index contributed by atoms with van der Waals surface area (Å²) >= 11 is 0. The Labute approximate surface area is 111 Å². The number of benzene rings is 1. The van der Waals surface area contributed by atoms with Gasteiger partial charge in [-0.05, 0) is 31.0 Å². The van der Waals surface area contributed by atoms with Gasteiger partial charge < -0.3 is 21.1 Å². The summed E-state index contributed by atoms with van der Waals surface area (Å²) < 4.78 is 0. The van der Waals surface area contributed by atoms with Crippen molar-refractivity contribution in [3.63, 3.8) is 0 Å². The number of aliphatic hydroxyl groups excluding tert-OH is 1. The molecule has 0 aliphatic carbocycles. The predicted molar refractivity (Wildman–Crippen MR) is 70.9 cm³/mol. The maximum atomic E-state index is 12.0. The van der Waals surface area contributed by atoms with Gasteiger partial charge in [-0.1, -0.05) is 6.07 Å². The molecule has 0 spiro atoms. The van der Waals surface area contributed by atoms with Gasteiger partial charge in [0.2, 0.25) is 5.91 Å². The largest absolute Gasteiger partial charge is 0.391 e. The number of anilines is 1. The number of nitrogens with zero attached hydrogens (tertiary/aromatic N) is 1. The quantitative estimate of drug-likeness (QED) is 0.732. The van der Waals surface area contributed by atoms with Crippen LogP contribution in [0.3, 0.4) is 0 Å². The lowest BCUT2D eigenvalue weighted by Crippen LogP contribution is -2.34. The van der Waals surface area contributed by atoms with Crippen molar-refractivity contribution in [3.8, 4) is 0 Å². The SMILES string of the molecule is Cc1c(NC(=O)N2CC[C@@H](O)C2)cccc1C(N)=O. The number of likely N-dealkylation sites (tertiary alicyclic amines) is 1. The molecule has 0 saturated carbocycles. The van der Waals surface area contributed by atoms with Crippen LogP contribution in [-0.4, -0.2) is 41.1 Å². The normalized spacial score (nSPS) is 18.4. The van der Waals surface area contributed by atoms with Gasteiger partial charge in [-0.15, -0.1) is 0 Å². The number of nitrogens with one attached hydrogen (secondary N) is 1. The summed E-state index contributed by atoms with van der Waals surface area (Å²) in [4.78, 5) is 24.7. The molecule has 6 heteroatoms. The molecule has 0 unspecified atom stereocenters. The van der Waals surface area contributed by atoms with Crippen LogP contribution < -0.4 is 11.1 Å². The van der Waals surface area contributed by atoms with Crippen LogP contribution in [0.25, 0.3) is 0 Å². The summed E-state index contributed by atoms with van der Waals surface area (Å²) in [7, 11) is 0. The second-order valence-electron chi connectivity index (χ2n) is 4.66. The first-order valence-electron chi connectivity index (χ1n) is 6.12. The fraction of sp³-hybridized carbons (Fsp3) is 0.385. The highest BCUT2D eigenvalue weighted by atomic mass is 16.3. The van der Waals surface area contributed by atoms with Gasteiger partial charge in [0.1, 0.15) is 0 Å². The highest BCUT2D eigenvalue weighted by Gasteiger charge is 2.24. The molecule has 0 radical (unpaired) electrons. The van der Waals surface area contributed by atoms with Crippen molar-refractivity contribution in [2.75, 3.05) is 18.4 Å². The Bertz CT molecular complexity index is 516. The van der Waals surface area contributed by atoms with Gasteiger partial charge in [0.15, 0.2) is 0 Å². The molecule has 4 N–H and O–H groups in total. The van der Waals surface area contributed by atoms with E-state index in [9.17, 15) is 14.7 Å². The third-order valence-corrected chi connectivity index (χ3v) is 3.29. The molecule has 1 fully saturated rings. The molecule has 19 heavy (non-hydrogen) atoms. The van der Waals surface area contributed by atoms with E-state index < -0.39 is 12.0 Å².